The molecule has 0 atom stereocenters. The number of anilines is 1. The minimum Gasteiger partial charge on any atom is -0.481 e. The summed E-state index contributed by atoms with van der Waals surface area (Å²) < 4.78 is 6.43. The Morgan fingerprint density at radius 1 is 1.54 bits per heavy atom. The van der Waals surface area contributed by atoms with Crippen LogP contribution in [0.2, 0.25) is 0 Å². The molecular weight excluding hydrogens is 172 g/mol. The highest BCUT2D eigenvalue weighted by Gasteiger charge is 2.18. The topological polar surface area (TPSA) is 60.3 Å². The summed E-state index contributed by atoms with van der Waals surface area (Å²) in [5.41, 5.74) is -0.0354. The quantitative estimate of drug-likeness (QED) is 0.597. The molecule has 0 saturated carbocycles. The second kappa shape index (κ2) is 2.62. The molecule has 5 nitrogen and oxygen atoms in total. The number of ether oxygens (including phenoxy) is 1. The number of carbonyl (C=O) groups is 1. The smallest absolute Gasteiger partial charge is 0.277 e. The molecule has 2 heterocycles. The van der Waals surface area contributed by atoms with Gasteiger partial charge in [0.1, 0.15) is 5.69 Å². The molecule has 2 rings (SSSR count). The number of rotatable bonds is 0. The number of fused-ring (bicyclic) bond motifs is 1. The van der Waals surface area contributed by atoms with Crippen molar-refractivity contribution in [1.82, 2.24) is 4.57 Å². The van der Waals surface area contributed by atoms with Crippen molar-refractivity contribution < 1.29 is 9.53 Å². The van der Waals surface area contributed by atoms with Gasteiger partial charge in [-0.2, -0.15) is 0 Å². The van der Waals surface area contributed by atoms with E-state index < -0.39 is 0 Å². The van der Waals surface area contributed by atoms with Crippen molar-refractivity contribution in [3.05, 3.63) is 22.6 Å². The third-order valence-corrected chi connectivity index (χ3v) is 1.85. The van der Waals surface area contributed by atoms with Crippen molar-refractivity contribution in [2.45, 2.75) is 0 Å². The van der Waals surface area contributed by atoms with E-state index in [0.717, 1.165) is 0 Å². The second-order valence-electron chi connectivity index (χ2n) is 2.81. The summed E-state index contributed by atoms with van der Waals surface area (Å²) in [6.07, 6.45) is 1.60. The van der Waals surface area contributed by atoms with Crippen molar-refractivity contribution in [3.8, 4) is 5.75 Å². The first kappa shape index (κ1) is 7.85. The van der Waals surface area contributed by atoms with Crippen LogP contribution in [-0.2, 0) is 11.8 Å². The van der Waals surface area contributed by atoms with Gasteiger partial charge < -0.3 is 14.6 Å². The lowest BCUT2D eigenvalue weighted by atomic mass is 10.3. The predicted molar refractivity (Wildman–Crippen MR) is 45.8 cm³/mol. The highest BCUT2D eigenvalue weighted by molar-refractivity contribution is 5.94. The van der Waals surface area contributed by atoms with Gasteiger partial charge in [0, 0.05) is 13.2 Å². The van der Waals surface area contributed by atoms with E-state index >= 15 is 0 Å². The van der Waals surface area contributed by atoms with Gasteiger partial charge >= 0.3 is 0 Å². The zero-order valence-electron chi connectivity index (χ0n) is 7.03. The number of carbonyl (C=O) groups excluding carboxylic acids is 1. The van der Waals surface area contributed by atoms with Crippen molar-refractivity contribution in [2.75, 3.05) is 11.9 Å². The van der Waals surface area contributed by atoms with Crippen LogP contribution in [0.25, 0.3) is 0 Å². The molecule has 1 aromatic rings. The monoisotopic (exact) mass is 180 g/mol. The van der Waals surface area contributed by atoms with E-state index in [1.54, 1.807) is 19.3 Å². The van der Waals surface area contributed by atoms with Gasteiger partial charge in [0.25, 0.3) is 11.5 Å². The maximum atomic E-state index is 11.4. The molecule has 13 heavy (non-hydrogen) atoms. The Morgan fingerprint density at radius 3 is 3.08 bits per heavy atom. The van der Waals surface area contributed by atoms with Crippen molar-refractivity contribution in [2.24, 2.45) is 7.05 Å². The van der Waals surface area contributed by atoms with Gasteiger partial charge in [0.05, 0.1) is 0 Å². The van der Waals surface area contributed by atoms with E-state index in [2.05, 4.69) is 5.32 Å². The summed E-state index contributed by atoms with van der Waals surface area (Å²) in [5.74, 6) is 0.138. The lowest BCUT2D eigenvalue weighted by Gasteiger charge is -2.17. The van der Waals surface area contributed by atoms with Gasteiger partial charge in [-0.25, -0.2) is 0 Å². The number of pyridine rings is 1. The molecule has 5 heteroatoms. The Labute approximate surface area is 73.9 Å². The molecule has 0 spiro atoms. The molecule has 1 aliphatic rings. The van der Waals surface area contributed by atoms with E-state index in [1.165, 1.54) is 4.57 Å². The molecule has 1 aromatic heterocycles. The predicted octanol–water partition coefficient (Wildman–Crippen LogP) is -0.284. The van der Waals surface area contributed by atoms with Gasteiger partial charge in [0.2, 0.25) is 0 Å². The highest BCUT2D eigenvalue weighted by atomic mass is 16.5. The largest absolute Gasteiger partial charge is 0.481 e. The van der Waals surface area contributed by atoms with Crippen molar-refractivity contribution >= 4 is 11.6 Å². The fraction of sp³-hybridized carbons (Fsp3) is 0.250. The van der Waals surface area contributed by atoms with Crippen LogP contribution in [0.1, 0.15) is 0 Å². The van der Waals surface area contributed by atoms with Gasteiger partial charge in [0.15, 0.2) is 12.4 Å². The number of nitrogens with one attached hydrogen (secondary N) is 1. The molecule has 1 amide bonds. The number of aromatic nitrogens is 1. The number of hydrogen-bond acceptors (Lipinski definition) is 3. The molecule has 68 valence electrons. The molecule has 0 aromatic carbocycles. The molecule has 0 aliphatic carbocycles. The van der Waals surface area contributed by atoms with Crippen LogP contribution in [0.15, 0.2) is 17.1 Å². The van der Waals surface area contributed by atoms with Crippen LogP contribution in [0, 0.1) is 0 Å². The van der Waals surface area contributed by atoms with Gasteiger partial charge in [-0.1, -0.05) is 0 Å². The maximum Gasteiger partial charge on any atom is 0.277 e. The van der Waals surface area contributed by atoms with E-state index in [9.17, 15) is 9.59 Å². The molecule has 0 bridgehead atoms. The van der Waals surface area contributed by atoms with Crippen molar-refractivity contribution in [1.29, 1.82) is 0 Å². The summed E-state index contributed by atoms with van der Waals surface area (Å²) in [4.78, 5) is 22.3. The molecule has 0 radical (unpaired) electrons. The molecule has 0 fully saturated rings. The summed E-state index contributed by atoms with van der Waals surface area (Å²) in [6, 6.07) is 1.65. The maximum absolute atomic E-state index is 11.4. The highest BCUT2D eigenvalue weighted by Crippen LogP contribution is 2.21. The van der Waals surface area contributed by atoms with E-state index in [1.807, 2.05) is 0 Å². The SMILES string of the molecule is Cn1ccc2c(c1=O)NC(=O)CO2. The average molecular weight is 180 g/mol. The number of nitrogens with zero attached hydrogens (tertiary/aromatic N) is 1. The third kappa shape index (κ3) is 1.18. The Balaban J connectivity index is 2.61. The minimum absolute atomic E-state index is 0.0276. The van der Waals surface area contributed by atoms with Gasteiger partial charge in [-0.05, 0) is 6.07 Å². The van der Waals surface area contributed by atoms with E-state index in [4.69, 9.17) is 4.74 Å². The minimum atomic E-state index is -0.296. The molecule has 1 N–H and O–H groups in total. The third-order valence-electron chi connectivity index (χ3n) is 1.85. The van der Waals surface area contributed by atoms with Crippen LogP contribution >= 0.6 is 0 Å². The first-order valence-electron chi connectivity index (χ1n) is 3.81. The zero-order chi connectivity index (χ0) is 9.42. The van der Waals surface area contributed by atoms with Gasteiger partial charge in [-0.3, -0.25) is 9.59 Å². The number of hydrogen-bond donors (Lipinski definition) is 1. The summed E-state index contributed by atoms with van der Waals surface area (Å²) >= 11 is 0. The summed E-state index contributed by atoms with van der Waals surface area (Å²) in [5, 5.41) is 2.47. The van der Waals surface area contributed by atoms with Crippen LogP contribution in [0.5, 0.6) is 5.75 Å². The normalized spacial score (nSPS) is 14.4. The summed E-state index contributed by atoms with van der Waals surface area (Å²) in [7, 11) is 1.61. The lowest BCUT2D eigenvalue weighted by molar-refractivity contribution is -0.118. The zero-order valence-corrected chi connectivity index (χ0v) is 7.03. The standard InChI is InChI=1S/C8H8N2O3/c1-10-3-2-5-7(8(10)12)9-6(11)4-13-5/h2-3H,4H2,1H3,(H,9,11). The van der Waals surface area contributed by atoms with Crippen LogP contribution in [0.3, 0.4) is 0 Å². The lowest BCUT2D eigenvalue weighted by Crippen LogP contribution is -2.32. The van der Waals surface area contributed by atoms with E-state index in [0.29, 0.717) is 5.75 Å². The first-order valence-corrected chi connectivity index (χ1v) is 3.81. The number of amides is 1. The Kier molecular flexibility index (Phi) is 1.58. The Hall–Kier alpha value is -1.78. The van der Waals surface area contributed by atoms with Gasteiger partial charge in [-0.15, -0.1) is 0 Å². The summed E-state index contributed by atoms with van der Waals surface area (Å²) in [6.45, 7) is -0.0276. The molecule has 1 aliphatic heterocycles. The van der Waals surface area contributed by atoms with Crippen molar-refractivity contribution in [3.63, 3.8) is 0 Å². The molecular formula is C8H8N2O3. The van der Waals surface area contributed by atoms with Crippen LogP contribution in [0.4, 0.5) is 5.69 Å². The second-order valence-corrected chi connectivity index (χ2v) is 2.81. The van der Waals surface area contributed by atoms with Crippen LogP contribution in [-0.4, -0.2) is 17.1 Å². The molecule has 0 unspecified atom stereocenters. The first-order chi connectivity index (χ1) is 6.18. The molecule has 0 saturated heterocycles. The average Bonchev–Trinajstić information content (AvgIpc) is 2.12. The number of aryl methyl sites for hydroxylation is 1. The Morgan fingerprint density at radius 2 is 2.31 bits per heavy atom. The van der Waals surface area contributed by atoms with Crippen LogP contribution < -0.4 is 15.6 Å². The fourth-order valence-corrected chi connectivity index (χ4v) is 1.17. The Bertz CT molecular complexity index is 422. The van der Waals surface area contributed by atoms with E-state index in [-0.39, 0.29) is 23.8 Å². The fourth-order valence-electron chi connectivity index (χ4n) is 1.17.